The summed E-state index contributed by atoms with van der Waals surface area (Å²) in [5.74, 6) is 1.87. The highest BCUT2D eigenvalue weighted by Crippen LogP contribution is 2.66. The van der Waals surface area contributed by atoms with Gasteiger partial charge in [0, 0.05) is 30.5 Å². The van der Waals surface area contributed by atoms with Gasteiger partial charge in [0.25, 0.3) is 0 Å². The zero-order valence-corrected chi connectivity index (χ0v) is 18.7. The maximum absolute atomic E-state index is 13.2. The molecule has 0 radical (unpaired) electrons. The van der Waals surface area contributed by atoms with Crippen LogP contribution in [0.4, 0.5) is 10.2 Å². The van der Waals surface area contributed by atoms with Crippen LogP contribution in [0.5, 0.6) is 0 Å². The lowest BCUT2D eigenvalue weighted by atomic mass is 9.49. The predicted molar refractivity (Wildman–Crippen MR) is 116 cm³/mol. The van der Waals surface area contributed by atoms with Gasteiger partial charge in [-0.2, -0.15) is 0 Å². The molecule has 1 saturated heterocycles. The number of halogens is 1. The number of anilines is 1. The van der Waals surface area contributed by atoms with Crippen LogP contribution in [0.25, 0.3) is 0 Å². The minimum Gasteiger partial charge on any atom is -0.319 e. The quantitative estimate of drug-likeness (QED) is 0.743. The van der Waals surface area contributed by atoms with Crippen molar-refractivity contribution in [1.29, 1.82) is 0 Å². The molecule has 5 nitrogen and oxygen atoms in total. The lowest BCUT2D eigenvalue weighted by molar-refractivity contribution is -0.137. The van der Waals surface area contributed by atoms with E-state index in [4.69, 9.17) is 0 Å². The number of hydrogen-bond acceptors (Lipinski definition) is 3. The van der Waals surface area contributed by atoms with Gasteiger partial charge in [0.15, 0.2) is 0 Å². The SMILES string of the molecule is CN1C(=O)CC[C@@]2(C)C1=CC[C@@H]1[C@H]2CC[C@]2(C)C(C(=O)Nc3ccc(F)cn3)CC[C@@H]12. The molecule has 3 aliphatic carbocycles. The average Bonchev–Trinajstić information content (AvgIpc) is 3.10. The molecular formula is C25H32FN3O2. The minimum atomic E-state index is -0.405. The fourth-order valence-electron chi connectivity index (χ4n) is 7.67. The van der Waals surface area contributed by atoms with Crippen molar-refractivity contribution in [2.75, 3.05) is 12.4 Å². The van der Waals surface area contributed by atoms with Crippen LogP contribution in [0.15, 0.2) is 30.1 Å². The van der Waals surface area contributed by atoms with E-state index in [2.05, 4.69) is 30.2 Å². The molecule has 0 aromatic carbocycles. The first-order chi connectivity index (χ1) is 14.7. The zero-order valence-electron chi connectivity index (χ0n) is 18.7. The van der Waals surface area contributed by atoms with Crippen molar-refractivity contribution in [2.24, 2.45) is 34.5 Å². The highest BCUT2D eigenvalue weighted by atomic mass is 19.1. The summed E-state index contributed by atoms with van der Waals surface area (Å²) in [5, 5.41) is 2.93. The summed E-state index contributed by atoms with van der Waals surface area (Å²) in [6.07, 6.45) is 10.1. The molecule has 2 heterocycles. The Morgan fingerprint density at radius 1 is 1.19 bits per heavy atom. The van der Waals surface area contributed by atoms with Crippen LogP contribution in [0.1, 0.15) is 58.8 Å². The van der Waals surface area contributed by atoms with Gasteiger partial charge in [-0.3, -0.25) is 9.59 Å². The van der Waals surface area contributed by atoms with Crippen LogP contribution >= 0.6 is 0 Å². The second kappa shape index (κ2) is 7.14. The van der Waals surface area contributed by atoms with Crippen molar-refractivity contribution in [1.82, 2.24) is 9.88 Å². The fraction of sp³-hybridized carbons (Fsp3) is 0.640. The Labute approximate surface area is 183 Å². The van der Waals surface area contributed by atoms with E-state index in [9.17, 15) is 14.0 Å². The minimum absolute atomic E-state index is 0.0174. The number of nitrogens with zero attached hydrogens (tertiary/aromatic N) is 2. The number of carbonyl (C=O) groups is 2. The molecule has 2 saturated carbocycles. The van der Waals surface area contributed by atoms with Gasteiger partial charge in [-0.05, 0) is 73.8 Å². The molecule has 1 unspecified atom stereocenters. The molecule has 5 rings (SSSR count). The molecule has 2 amide bonds. The fourth-order valence-corrected chi connectivity index (χ4v) is 7.67. The lowest BCUT2D eigenvalue weighted by Gasteiger charge is -2.58. The summed E-state index contributed by atoms with van der Waals surface area (Å²) >= 11 is 0. The number of pyridine rings is 1. The number of nitrogens with one attached hydrogen (secondary N) is 1. The number of rotatable bonds is 2. The summed E-state index contributed by atoms with van der Waals surface area (Å²) in [5.41, 5.74) is 1.26. The maximum atomic E-state index is 13.2. The summed E-state index contributed by atoms with van der Waals surface area (Å²) in [6.45, 7) is 4.67. The number of carbonyl (C=O) groups excluding carboxylic acids is 2. The Morgan fingerprint density at radius 2 is 2.00 bits per heavy atom. The van der Waals surface area contributed by atoms with Crippen molar-refractivity contribution in [3.05, 3.63) is 35.9 Å². The van der Waals surface area contributed by atoms with E-state index in [0.717, 1.165) is 44.7 Å². The van der Waals surface area contributed by atoms with Crippen molar-refractivity contribution < 1.29 is 14.0 Å². The standard InChI is InChI=1S/C25H32FN3O2/c1-24-12-10-18-16(5-8-20-25(18,2)13-11-22(30)29(20)3)17(24)6-7-19(24)23(31)28-21-9-4-15(26)14-27-21/h4,8-9,14,16-19H,5-7,10-13H2,1-3H3,(H,27,28,31)/t16-,17-,18+,19?,24-,25+/m0/s1. The topological polar surface area (TPSA) is 62.3 Å². The molecular weight excluding hydrogens is 393 g/mol. The molecule has 1 aliphatic heterocycles. The molecule has 4 aliphatic rings. The summed E-state index contributed by atoms with van der Waals surface area (Å²) in [6, 6.07) is 2.85. The molecule has 0 bridgehead atoms. The third kappa shape index (κ3) is 3.05. The number of allylic oxidation sites excluding steroid dienone is 2. The van der Waals surface area contributed by atoms with E-state index in [0.29, 0.717) is 30.0 Å². The van der Waals surface area contributed by atoms with Crippen molar-refractivity contribution >= 4 is 17.6 Å². The molecule has 1 N–H and O–H groups in total. The molecule has 6 atom stereocenters. The van der Waals surface area contributed by atoms with Crippen LogP contribution in [-0.4, -0.2) is 28.7 Å². The molecule has 1 aromatic heterocycles. The van der Waals surface area contributed by atoms with Gasteiger partial charge in [-0.1, -0.05) is 19.9 Å². The Kier molecular flexibility index (Phi) is 4.76. The van der Waals surface area contributed by atoms with E-state index in [1.165, 1.54) is 17.8 Å². The summed E-state index contributed by atoms with van der Waals surface area (Å²) in [7, 11) is 1.93. The Bertz CT molecular complexity index is 945. The second-order valence-electron chi connectivity index (χ2n) is 10.6. The predicted octanol–water partition coefficient (Wildman–Crippen LogP) is 4.76. The van der Waals surface area contributed by atoms with Gasteiger partial charge in [0.2, 0.25) is 11.8 Å². The van der Waals surface area contributed by atoms with Crippen LogP contribution in [-0.2, 0) is 9.59 Å². The largest absolute Gasteiger partial charge is 0.319 e. The highest BCUT2D eigenvalue weighted by molar-refractivity contribution is 5.92. The molecule has 6 heteroatoms. The van der Waals surface area contributed by atoms with Gasteiger partial charge in [-0.25, -0.2) is 9.37 Å². The number of piperidine rings is 1. The maximum Gasteiger partial charge on any atom is 0.229 e. The Balaban J connectivity index is 1.38. The number of hydrogen-bond donors (Lipinski definition) is 1. The first-order valence-electron chi connectivity index (χ1n) is 11.6. The summed E-state index contributed by atoms with van der Waals surface area (Å²) < 4.78 is 13.2. The van der Waals surface area contributed by atoms with E-state index >= 15 is 0 Å². The smallest absolute Gasteiger partial charge is 0.229 e. The van der Waals surface area contributed by atoms with E-state index in [1.54, 1.807) is 0 Å². The number of likely N-dealkylation sites (tertiary alicyclic amines) is 1. The number of aromatic nitrogens is 1. The number of amides is 2. The normalized spacial score (nSPS) is 39.3. The van der Waals surface area contributed by atoms with Gasteiger partial charge in [0.05, 0.1) is 6.20 Å². The van der Waals surface area contributed by atoms with Crippen molar-refractivity contribution in [3.63, 3.8) is 0 Å². The Hall–Kier alpha value is -2.24. The third-order valence-electron chi connectivity index (χ3n) is 9.31. The van der Waals surface area contributed by atoms with Crippen molar-refractivity contribution in [3.8, 4) is 0 Å². The van der Waals surface area contributed by atoms with E-state index < -0.39 is 5.82 Å². The van der Waals surface area contributed by atoms with Crippen LogP contribution in [0.2, 0.25) is 0 Å². The molecule has 0 spiro atoms. The van der Waals surface area contributed by atoms with Gasteiger partial charge in [0.1, 0.15) is 11.6 Å². The highest BCUT2D eigenvalue weighted by Gasteiger charge is 2.60. The van der Waals surface area contributed by atoms with E-state index in [1.807, 2.05) is 11.9 Å². The lowest BCUT2D eigenvalue weighted by Crippen LogP contribution is -2.54. The second-order valence-corrected chi connectivity index (χ2v) is 10.6. The molecule has 3 fully saturated rings. The number of fused-ring (bicyclic) bond motifs is 5. The average molecular weight is 426 g/mol. The first-order valence-corrected chi connectivity index (χ1v) is 11.6. The van der Waals surface area contributed by atoms with Crippen LogP contribution < -0.4 is 5.32 Å². The molecule has 1 aromatic rings. The molecule has 31 heavy (non-hydrogen) atoms. The zero-order chi connectivity index (χ0) is 22.0. The van der Waals surface area contributed by atoms with Crippen LogP contribution in [0, 0.1) is 40.3 Å². The summed E-state index contributed by atoms with van der Waals surface area (Å²) in [4.78, 5) is 31.4. The van der Waals surface area contributed by atoms with E-state index in [-0.39, 0.29) is 28.6 Å². The molecule has 166 valence electrons. The Morgan fingerprint density at radius 3 is 2.74 bits per heavy atom. The monoisotopic (exact) mass is 425 g/mol. The third-order valence-corrected chi connectivity index (χ3v) is 9.31. The first kappa shape index (κ1) is 20.7. The van der Waals surface area contributed by atoms with Gasteiger partial charge < -0.3 is 10.2 Å². The van der Waals surface area contributed by atoms with Crippen molar-refractivity contribution in [2.45, 2.75) is 58.8 Å². The van der Waals surface area contributed by atoms with Gasteiger partial charge >= 0.3 is 0 Å². The van der Waals surface area contributed by atoms with Crippen LogP contribution in [0.3, 0.4) is 0 Å². The van der Waals surface area contributed by atoms with Gasteiger partial charge in [-0.15, -0.1) is 0 Å².